The summed E-state index contributed by atoms with van der Waals surface area (Å²) in [4.78, 5) is 23.2. The minimum atomic E-state index is 0.246. The van der Waals surface area contributed by atoms with E-state index in [0.29, 0.717) is 18.3 Å². The number of methoxy groups -OCH3 is 1. The van der Waals surface area contributed by atoms with Crippen molar-refractivity contribution < 1.29 is 9.53 Å². The molecule has 1 atom stereocenters. The summed E-state index contributed by atoms with van der Waals surface area (Å²) in [6, 6.07) is 4.10. The summed E-state index contributed by atoms with van der Waals surface area (Å²) in [7, 11) is 3.38. The Kier molecular flexibility index (Phi) is 6.90. The van der Waals surface area contributed by atoms with Gasteiger partial charge in [-0.1, -0.05) is 19.3 Å². The average Bonchev–Trinajstić information content (AvgIpc) is 3.19. The number of guanidine groups is 1. The van der Waals surface area contributed by atoms with E-state index in [1.165, 1.54) is 19.3 Å². The number of likely N-dealkylation sites (tertiary alicyclic amines) is 1. The zero-order valence-corrected chi connectivity index (χ0v) is 16.4. The van der Waals surface area contributed by atoms with E-state index in [1.807, 2.05) is 17.0 Å². The molecule has 0 spiro atoms. The summed E-state index contributed by atoms with van der Waals surface area (Å²) < 4.78 is 5.16. The van der Waals surface area contributed by atoms with Gasteiger partial charge in [-0.2, -0.15) is 0 Å². The van der Waals surface area contributed by atoms with E-state index < -0.39 is 0 Å². The van der Waals surface area contributed by atoms with Crippen LogP contribution in [0, 0.1) is 5.92 Å². The van der Waals surface area contributed by atoms with Gasteiger partial charge in [-0.05, 0) is 30.9 Å². The van der Waals surface area contributed by atoms with Crippen molar-refractivity contribution in [1.82, 2.24) is 20.5 Å². The monoisotopic (exact) mass is 373 g/mol. The van der Waals surface area contributed by atoms with E-state index in [0.717, 1.165) is 43.9 Å². The second kappa shape index (κ2) is 9.58. The van der Waals surface area contributed by atoms with Gasteiger partial charge >= 0.3 is 0 Å². The summed E-state index contributed by atoms with van der Waals surface area (Å²) in [5.41, 5.74) is 1.07. The summed E-state index contributed by atoms with van der Waals surface area (Å²) >= 11 is 0. The molecule has 148 valence electrons. The molecule has 1 aliphatic carbocycles. The van der Waals surface area contributed by atoms with E-state index >= 15 is 0 Å². The Morgan fingerprint density at radius 2 is 2.15 bits per heavy atom. The minimum Gasteiger partial charge on any atom is -0.481 e. The highest BCUT2D eigenvalue weighted by molar-refractivity contribution is 5.81. The third kappa shape index (κ3) is 5.34. The van der Waals surface area contributed by atoms with Gasteiger partial charge in [0, 0.05) is 50.9 Å². The summed E-state index contributed by atoms with van der Waals surface area (Å²) in [6.07, 6.45) is 8.49. The molecule has 1 saturated heterocycles. The molecule has 2 aliphatic rings. The third-order valence-corrected chi connectivity index (χ3v) is 5.49. The first kappa shape index (κ1) is 19.5. The smallest absolute Gasteiger partial charge is 0.225 e. The van der Waals surface area contributed by atoms with E-state index in [1.54, 1.807) is 20.4 Å². The number of hydrogen-bond acceptors (Lipinski definition) is 4. The summed E-state index contributed by atoms with van der Waals surface area (Å²) in [6.45, 7) is 2.24. The van der Waals surface area contributed by atoms with Crippen LogP contribution in [-0.4, -0.2) is 55.0 Å². The van der Waals surface area contributed by atoms with Crippen LogP contribution in [0.3, 0.4) is 0 Å². The zero-order chi connectivity index (χ0) is 19.1. The van der Waals surface area contributed by atoms with Crippen LogP contribution >= 0.6 is 0 Å². The second-order valence-corrected chi connectivity index (χ2v) is 7.38. The molecule has 1 aliphatic heterocycles. The van der Waals surface area contributed by atoms with Crippen molar-refractivity contribution in [2.45, 2.75) is 51.1 Å². The first-order chi connectivity index (χ1) is 13.2. The summed E-state index contributed by atoms with van der Waals surface area (Å²) in [5.74, 6) is 1.95. The lowest BCUT2D eigenvalue weighted by Gasteiger charge is -2.26. The number of carbonyl (C=O) groups excluding carboxylic acids is 1. The van der Waals surface area contributed by atoms with Gasteiger partial charge < -0.3 is 20.3 Å². The molecule has 0 bridgehead atoms. The van der Waals surface area contributed by atoms with Gasteiger partial charge in [-0.3, -0.25) is 9.79 Å². The number of aromatic nitrogens is 1. The number of hydrogen-bond donors (Lipinski definition) is 2. The maximum atomic E-state index is 12.7. The minimum absolute atomic E-state index is 0.246. The Hall–Kier alpha value is -2.31. The molecule has 1 amide bonds. The molecule has 1 aromatic heterocycles. The van der Waals surface area contributed by atoms with Gasteiger partial charge in [0.25, 0.3) is 0 Å². The van der Waals surface area contributed by atoms with E-state index in [-0.39, 0.29) is 12.0 Å². The molecule has 7 nitrogen and oxygen atoms in total. The highest BCUT2D eigenvalue weighted by atomic mass is 16.5. The molecule has 2 N–H and O–H groups in total. The number of rotatable bonds is 5. The Labute approximate surface area is 161 Å². The molecule has 0 radical (unpaired) electrons. The highest BCUT2D eigenvalue weighted by Crippen LogP contribution is 2.26. The normalized spacial score (nSPS) is 21.2. The van der Waals surface area contributed by atoms with Crippen molar-refractivity contribution >= 4 is 11.9 Å². The topological polar surface area (TPSA) is 78.9 Å². The maximum Gasteiger partial charge on any atom is 0.225 e. The van der Waals surface area contributed by atoms with Gasteiger partial charge in [0.15, 0.2) is 5.96 Å². The molecular formula is C20H31N5O2. The fourth-order valence-corrected chi connectivity index (χ4v) is 3.93. The predicted molar refractivity (Wildman–Crippen MR) is 106 cm³/mol. The van der Waals surface area contributed by atoms with Crippen molar-refractivity contribution in [3.63, 3.8) is 0 Å². The Balaban J connectivity index is 1.46. The van der Waals surface area contributed by atoms with Gasteiger partial charge in [-0.25, -0.2) is 4.98 Å². The molecule has 3 rings (SSSR count). The Morgan fingerprint density at radius 3 is 2.89 bits per heavy atom. The van der Waals surface area contributed by atoms with Gasteiger partial charge in [0.05, 0.1) is 7.11 Å². The van der Waals surface area contributed by atoms with Crippen molar-refractivity contribution in [3.8, 4) is 5.88 Å². The largest absolute Gasteiger partial charge is 0.481 e. The van der Waals surface area contributed by atoms with Gasteiger partial charge in [0.1, 0.15) is 0 Å². The van der Waals surface area contributed by atoms with Crippen molar-refractivity contribution in [3.05, 3.63) is 23.9 Å². The Bertz CT molecular complexity index is 658. The van der Waals surface area contributed by atoms with E-state index in [2.05, 4.69) is 20.6 Å². The predicted octanol–water partition coefficient (Wildman–Crippen LogP) is 1.94. The van der Waals surface area contributed by atoms with Crippen molar-refractivity contribution in [2.75, 3.05) is 27.2 Å². The number of nitrogens with one attached hydrogen (secondary N) is 2. The standard InChI is InChI=1S/C20H31N5O2/c1-21-20(23-13-15-8-10-22-18(12-15)27-2)24-17-9-11-25(14-17)19(26)16-6-4-3-5-7-16/h8,10,12,16-17H,3-7,9,11,13-14H2,1-2H3,(H2,21,23,24). The number of carbonyl (C=O) groups is 1. The number of amides is 1. The highest BCUT2D eigenvalue weighted by Gasteiger charge is 2.31. The lowest BCUT2D eigenvalue weighted by molar-refractivity contribution is -0.135. The number of pyridine rings is 1. The average molecular weight is 374 g/mol. The number of aliphatic imine (C=N–C) groups is 1. The SMILES string of the molecule is CN=C(NCc1ccnc(OC)c1)NC1CCN(C(=O)C2CCCCC2)C1. The molecular weight excluding hydrogens is 342 g/mol. The first-order valence-corrected chi connectivity index (χ1v) is 9.94. The molecule has 1 unspecified atom stereocenters. The molecule has 27 heavy (non-hydrogen) atoms. The number of ether oxygens (including phenoxy) is 1. The third-order valence-electron chi connectivity index (χ3n) is 5.49. The van der Waals surface area contributed by atoms with Crippen molar-refractivity contribution in [2.24, 2.45) is 10.9 Å². The fourth-order valence-electron chi connectivity index (χ4n) is 3.93. The molecule has 7 heteroatoms. The maximum absolute atomic E-state index is 12.7. The molecule has 1 saturated carbocycles. The lowest BCUT2D eigenvalue weighted by atomic mass is 9.88. The van der Waals surface area contributed by atoms with Gasteiger partial charge in [-0.15, -0.1) is 0 Å². The Morgan fingerprint density at radius 1 is 1.33 bits per heavy atom. The second-order valence-electron chi connectivity index (χ2n) is 7.38. The quantitative estimate of drug-likeness (QED) is 0.609. The van der Waals surface area contributed by atoms with Crippen LogP contribution in [0.15, 0.2) is 23.3 Å². The lowest BCUT2D eigenvalue weighted by Crippen LogP contribution is -2.45. The van der Waals surface area contributed by atoms with Crippen LogP contribution in [-0.2, 0) is 11.3 Å². The molecule has 0 aromatic carbocycles. The molecule has 2 fully saturated rings. The van der Waals surface area contributed by atoms with E-state index in [4.69, 9.17) is 4.74 Å². The van der Waals surface area contributed by atoms with Crippen LogP contribution in [0.5, 0.6) is 5.88 Å². The number of nitrogens with zero attached hydrogens (tertiary/aromatic N) is 3. The van der Waals surface area contributed by atoms with Crippen molar-refractivity contribution in [1.29, 1.82) is 0 Å². The first-order valence-electron chi connectivity index (χ1n) is 9.94. The van der Waals surface area contributed by atoms with Crippen LogP contribution in [0.4, 0.5) is 0 Å². The van der Waals surface area contributed by atoms with E-state index in [9.17, 15) is 4.79 Å². The van der Waals surface area contributed by atoms with Crippen LogP contribution in [0.1, 0.15) is 44.1 Å². The van der Waals surface area contributed by atoms with Gasteiger partial charge in [0.2, 0.25) is 11.8 Å². The molecule has 1 aromatic rings. The zero-order valence-electron chi connectivity index (χ0n) is 16.4. The van der Waals surface area contributed by atoms with Crippen LogP contribution in [0.2, 0.25) is 0 Å². The van der Waals surface area contributed by atoms with Crippen LogP contribution < -0.4 is 15.4 Å². The van der Waals surface area contributed by atoms with Crippen LogP contribution in [0.25, 0.3) is 0 Å². The summed E-state index contributed by atoms with van der Waals surface area (Å²) in [5, 5.41) is 6.77. The fraction of sp³-hybridized carbons (Fsp3) is 0.650. The molecule has 2 heterocycles.